The van der Waals surface area contributed by atoms with Crippen LogP contribution in [0.1, 0.15) is 44.2 Å². The van der Waals surface area contributed by atoms with Gasteiger partial charge in [0.15, 0.2) is 0 Å². The summed E-state index contributed by atoms with van der Waals surface area (Å²) in [5.41, 5.74) is 3.34. The third-order valence-corrected chi connectivity index (χ3v) is 4.41. The Kier molecular flexibility index (Phi) is 3.94. The lowest BCUT2D eigenvalue weighted by atomic mass is 9.84. The molecule has 1 aromatic carbocycles. The molecule has 3 nitrogen and oxygen atoms in total. The van der Waals surface area contributed by atoms with Crippen molar-refractivity contribution in [1.29, 1.82) is 0 Å². The van der Waals surface area contributed by atoms with Crippen LogP contribution in [0.5, 0.6) is 0 Å². The van der Waals surface area contributed by atoms with E-state index in [4.69, 9.17) is 9.73 Å². The van der Waals surface area contributed by atoms with E-state index in [1.165, 1.54) is 5.56 Å². The van der Waals surface area contributed by atoms with Crippen molar-refractivity contribution >= 4 is 11.5 Å². The van der Waals surface area contributed by atoms with Gasteiger partial charge in [0.2, 0.25) is 0 Å². The number of carbonyl (C=O) groups excluding carboxylic acids is 1. The van der Waals surface area contributed by atoms with Crippen LogP contribution in [-0.2, 0) is 16.0 Å². The lowest BCUT2D eigenvalue weighted by Crippen LogP contribution is -2.32. The molecule has 3 heteroatoms. The SMILES string of the molecule is CC1(C)Cc2ccccc2C(CC(=O)C2CCOCC2)=N1. The molecule has 0 spiro atoms. The topological polar surface area (TPSA) is 38.7 Å². The number of ketones is 1. The van der Waals surface area contributed by atoms with Crippen molar-refractivity contribution in [2.75, 3.05) is 13.2 Å². The highest BCUT2D eigenvalue weighted by atomic mass is 16.5. The van der Waals surface area contributed by atoms with Crippen LogP contribution in [0.2, 0.25) is 0 Å². The second-order valence-corrected chi connectivity index (χ2v) is 6.73. The minimum absolute atomic E-state index is 0.111. The number of fused-ring (bicyclic) bond motifs is 1. The predicted molar refractivity (Wildman–Crippen MR) is 83.9 cm³/mol. The number of nitrogens with zero attached hydrogens (tertiary/aromatic N) is 1. The second-order valence-electron chi connectivity index (χ2n) is 6.73. The monoisotopic (exact) mass is 285 g/mol. The number of benzene rings is 1. The van der Waals surface area contributed by atoms with Gasteiger partial charge in [-0.25, -0.2) is 0 Å². The Bertz CT molecular complexity index is 568. The number of Topliss-reactive ketones (excluding diaryl/α,β-unsaturated/α-hetero) is 1. The van der Waals surface area contributed by atoms with Crippen LogP contribution in [0.4, 0.5) is 0 Å². The molecule has 0 N–H and O–H groups in total. The van der Waals surface area contributed by atoms with E-state index < -0.39 is 0 Å². The summed E-state index contributed by atoms with van der Waals surface area (Å²) in [7, 11) is 0. The Morgan fingerprint density at radius 2 is 2.00 bits per heavy atom. The van der Waals surface area contributed by atoms with Crippen LogP contribution < -0.4 is 0 Å². The predicted octanol–water partition coefficient (Wildman–Crippen LogP) is 3.20. The van der Waals surface area contributed by atoms with Crippen molar-refractivity contribution in [3.05, 3.63) is 35.4 Å². The Labute approximate surface area is 126 Å². The quantitative estimate of drug-likeness (QED) is 0.855. The minimum Gasteiger partial charge on any atom is -0.381 e. The number of carbonyl (C=O) groups is 1. The second kappa shape index (κ2) is 5.72. The fraction of sp³-hybridized carbons (Fsp3) is 0.556. The first-order valence-corrected chi connectivity index (χ1v) is 7.83. The Morgan fingerprint density at radius 3 is 2.76 bits per heavy atom. The molecule has 1 fully saturated rings. The molecule has 112 valence electrons. The van der Waals surface area contributed by atoms with Gasteiger partial charge in [0.25, 0.3) is 0 Å². The number of rotatable bonds is 3. The summed E-state index contributed by atoms with van der Waals surface area (Å²) >= 11 is 0. The standard InChI is InChI=1S/C18H23NO2/c1-18(2)12-14-5-3-4-6-15(14)16(19-18)11-17(20)13-7-9-21-10-8-13/h3-6,13H,7-12H2,1-2H3. The van der Waals surface area contributed by atoms with Gasteiger partial charge in [-0.3, -0.25) is 9.79 Å². The molecule has 0 amide bonds. The van der Waals surface area contributed by atoms with Gasteiger partial charge in [-0.2, -0.15) is 0 Å². The summed E-state index contributed by atoms with van der Waals surface area (Å²) in [6, 6.07) is 8.36. The highest BCUT2D eigenvalue weighted by Gasteiger charge is 2.29. The van der Waals surface area contributed by atoms with E-state index in [2.05, 4.69) is 32.0 Å². The number of hydrogen-bond donors (Lipinski definition) is 0. The lowest BCUT2D eigenvalue weighted by Gasteiger charge is -2.29. The lowest BCUT2D eigenvalue weighted by molar-refractivity contribution is -0.124. The van der Waals surface area contributed by atoms with Crippen molar-refractivity contribution in [2.45, 2.75) is 45.1 Å². The van der Waals surface area contributed by atoms with Gasteiger partial charge in [-0.1, -0.05) is 24.3 Å². The van der Waals surface area contributed by atoms with Crippen molar-refractivity contribution < 1.29 is 9.53 Å². The summed E-state index contributed by atoms with van der Waals surface area (Å²) in [5.74, 6) is 0.475. The highest BCUT2D eigenvalue weighted by molar-refractivity contribution is 6.13. The minimum atomic E-state index is -0.111. The zero-order valence-electron chi connectivity index (χ0n) is 12.9. The molecule has 2 heterocycles. The first-order chi connectivity index (χ1) is 10.1. The molecule has 0 radical (unpaired) electrons. The molecule has 1 aromatic rings. The molecule has 0 aliphatic carbocycles. The molecular weight excluding hydrogens is 262 g/mol. The summed E-state index contributed by atoms with van der Waals surface area (Å²) in [6.45, 7) is 5.71. The number of aliphatic imine (C=N–C) groups is 1. The maximum Gasteiger partial charge on any atom is 0.142 e. The van der Waals surface area contributed by atoms with E-state index in [-0.39, 0.29) is 11.5 Å². The van der Waals surface area contributed by atoms with Gasteiger partial charge in [0.1, 0.15) is 5.78 Å². The Morgan fingerprint density at radius 1 is 1.29 bits per heavy atom. The summed E-state index contributed by atoms with van der Waals surface area (Å²) < 4.78 is 5.35. The van der Waals surface area contributed by atoms with Crippen LogP contribution >= 0.6 is 0 Å². The molecular formula is C18H23NO2. The van der Waals surface area contributed by atoms with Crippen LogP contribution in [-0.4, -0.2) is 30.2 Å². The zero-order valence-corrected chi connectivity index (χ0v) is 12.9. The molecule has 0 atom stereocenters. The average Bonchev–Trinajstić information content (AvgIpc) is 2.47. The first-order valence-electron chi connectivity index (χ1n) is 7.83. The smallest absolute Gasteiger partial charge is 0.142 e. The van der Waals surface area contributed by atoms with Crippen LogP contribution in [0.15, 0.2) is 29.3 Å². The number of ether oxygens (including phenoxy) is 1. The molecule has 1 saturated heterocycles. The van der Waals surface area contributed by atoms with Gasteiger partial charge in [-0.15, -0.1) is 0 Å². The molecule has 2 aliphatic rings. The first kappa shape index (κ1) is 14.5. The van der Waals surface area contributed by atoms with E-state index >= 15 is 0 Å². The average molecular weight is 285 g/mol. The molecule has 21 heavy (non-hydrogen) atoms. The molecule has 0 saturated carbocycles. The third kappa shape index (κ3) is 3.24. The van der Waals surface area contributed by atoms with Crippen molar-refractivity contribution in [1.82, 2.24) is 0 Å². The molecule has 2 aliphatic heterocycles. The number of hydrogen-bond acceptors (Lipinski definition) is 3. The van der Waals surface area contributed by atoms with E-state index in [1.807, 2.05) is 6.07 Å². The van der Waals surface area contributed by atoms with E-state index in [9.17, 15) is 4.79 Å². The third-order valence-electron chi connectivity index (χ3n) is 4.41. The summed E-state index contributed by atoms with van der Waals surface area (Å²) in [4.78, 5) is 17.4. The van der Waals surface area contributed by atoms with Crippen molar-refractivity contribution in [3.63, 3.8) is 0 Å². The molecule has 0 unspecified atom stereocenters. The van der Waals surface area contributed by atoms with E-state index in [1.54, 1.807) is 0 Å². The van der Waals surface area contributed by atoms with Gasteiger partial charge in [-0.05, 0) is 44.2 Å². The molecule has 0 aromatic heterocycles. The maximum atomic E-state index is 12.6. The zero-order chi connectivity index (χ0) is 14.9. The normalized spacial score (nSPS) is 21.5. The van der Waals surface area contributed by atoms with Crippen LogP contribution in [0.3, 0.4) is 0 Å². The van der Waals surface area contributed by atoms with Gasteiger partial charge in [0, 0.05) is 25.6 Å². The van der Waals surface area contributed by atoms with E-state index in [0.29, 0.717) is 25.4 Å². The summed E-state index contributed by atoms with van der Waals surface area (Å²) in [5, 5.41) is 0. The Balaban J connectivity index is 1.82. The fourth-order valence-corrected chi connectivity index (χ4v) is 3.35. The van der Waals surface area contributed by atoms with Gasteiger partial charge < -0.3 is 4.74 Å². The largest absolute Gasteiger partial charge is 0.381 e. The Hall–Kier alpha value is -1.48. The van der Waals surface area contributed by atoms with Crippen LogP contribution in [0, 0.1) is 5.92 Å². The molecule has 0 bridgehead atoms. The maximum absolute atomic E-state index is 12.6. The highest BCUT2D eigenvalue weighted by Crippen LogP contribution is 2.29. The summed E-state index contributed by atoms with van der Waals surface area (Å²) in [6.07, 6.45) is 3.12. The van der Waals surface area contributed by atoms with Gasteiger partial charge >= 0.3 is 0 Å². The van der Waals surface area contributed by atoms with Crippen LogP contribution in [0.25, 0.3) is 0 Å². The van der Waals surface area contributed by atoms with Crippen molar-refractivity contribution in [2.24, 2.45) is 10.9 Å². The van der Waals surface area contributed by atoms with E-state index in [0.717, 1.165) is 30.5 Å². The van der Waals surface area contributed by atoms with Crippen molar-refractivity contribution in [3.8, 4) is 0 Å². The van der Waals surface area contributed by atoms with Gasteiger partial charge in [0.05, 0.1) is 11.3 Å². The molecule has 3 rings (SSSR count). The fourth-order valence-electron chi connectivity index (χ4n) is 3.35.